The van der Waals surface area contributed by atoms with Crippen LogP contribution >= 0.6 is 0 Å². The number of rotatable bonds is 5. The lowest BCUT2D eigenvalue weighted by molar-refractivity contribution is 0.0334. The van der Waals surface area contributed by atoms with Gasteiger partial charge >= 0.3 is 0 Å². The third kappa shape index (κ3) is 2.76. The van der Waals surface area contributed by atoms with E-state index in [1.165, 1.54) is 19.1 Å². The molecule has 7 heteroatoms. The molecule has 122 valence electrons. The molecule has 7 nitrogen and oxygen atoms in total. The predicted octanol–water partition coefficient (Wildman–Crippen LogP) is 1.57. The molecule has 0 radical (unpaired) electrons. The summed E-state index contributed by atoms with van der Waals surface area (Å²) in [5.41, 5.74) is 1.92. The maximum atomic E-state index is 12.7. The normalized spacial score (nSPS) is 20.6. The Morgan fingerprint density at radius 2 is 2.30 bits per heavy atom. The van der Waals surface area contributed by atoms with Crippen molar-refractivity contribution in [2.45, 2.75) is 25.3 Å². The number of aryl methyl sites for hydroxylation is 1. The van der Waals surface area contributed by atoms with Crippen molar-refractivity contribution < 1.29 is 13.9 Å². The van der Waals surface area contributed by atoms with Crippen molar-refractivity contribution in [1.29, 1.82) is 0 Å². The summed E-state index contributed by atoms with van der Waals surface area (Å²) >= 11 is 0. The Morgan fingerprint density at radius 1 is 1.43 bits per heavy atom. The zero-order chi connectivity index (χ0) is 15.8. The molecule has 23 heavy (non-hydrogen) atoms. The van der Waals surface area contributed by atoms with Crippen LogP contribution in [0.3, 0.4) is 0 Å². The average Bonchev–Trinajstić information content (AvgIpc) is 3.07. The van der Waals surface area contributed by atoms with Crippen molar-refractivity contribution in [2.24, 2.45) is 13.0 Å². The molecule has 0 unspecified atom stereocenters. The maximum Gasteiger partial charge on any atom is 0.290 e. The van der Waals surface area contributed by atoms with E-state index in [2.05, 4.69) is 10.3 Å². The first-order chi connectivity index (χ1) is 11.2. The number of aromatic nitrogens is 3. The number of hydrogen-bond donors (Lipinski definition) is 0. The molecular formula is C16H20N4O3. The summed E-state index contributed by atoms with van der Waals surface area (Å²) in [4.78, 5) is 14.5. The molecule has 1 aliphatic carbocycles. The van der Waals surface area contributed by atoms with Gasteiger partial charge in [-0.25, -0.2) is 0 Å². The lowest BCUT2D eigenvalue weighted by atomic mass is 10.0. The van der Waals surface area contributed by atoms with Crippen molar-refractivity contribution >= 4 is 5.91 Å². The van der Waals surface area contributed by atoms with Crippen molar-refractivity contribution in [3.8, 4) is 0 Å². The Morgan fingerprint density at radius 3 is 3.04 bits per heavy atom. The molecule has 0 aromatic carbocycles. The highest BCUT2D eigenvalue weighted by atomic mass is 16.5. The molecule has 1 fully saturated rings. The van der Waals surface area contributed by atoms with Gasteiger partial charge in [0.1, 0.15) is 11.7 Å². The Balaban J connectivity index is 1.57. The molecule has 2 aliphatic rings. The van der Waals surface area contributed by atoms with Gasteiger partial charge in [-0.3, -0.25) is 9.48 Å². The van der Waals surface area contributed by atoms with Crippen LogP contribution in [0.15, 0.2) is 22.8 Å². The summed E-state index contributed by atoms with van der Waals surface area (Å²) in [6, 6.07) is 3.21. The minimum absolute atomic E-state index is 0.119. The molecule has 1 saturated carbocycles. The highest BCUT2D eigenvalue weighted by Crippen LogP contribution is 2.32. The highest BCUT2D eigenvalue weighted by molar-refractivity contribution is 5.91. The monoisotopic (exact) mass is 316 g/mol. The Labute approximate surface area is 134 Å². The fraction of sp³-hybridized carbons (Fsp3) is 0.562. The average molecular weight is 316 g/mol. The molecule has 0 bridgehead atoms. The summed E-state index contributed by atoms with van der Waals surface area (Å²) in [6.07, 6.45) is 4.75. The van der Waals surface area contributed by atoms with Gasteiger partial charge < -0.3 is 14.1 Å². The molecule has 0 N–H and O–H groups in total. The van der Waals surface area contributed by atoms with Crippen LogP contribution < -0.4 is 0 Å². The second-order valence-electron chi connectivity index (χ2n) is 6.27. The lowest BCUT2D eigenvalue weighted by Gasteiger charge is -2.34. The SMILES string of the molecule is Cn1nnc2c1CCN(C(=O)c1ccco1)[C@H]2COCC1CC1. The topological polar surface area (TPSA) is 73.4 Å². The first-order valence-electron chi connectivity index (χ1n) is 8.04. The molecule has 3 heterocycles. The number of nitrogens with zero attached hydrogens (tertiary/aromatic N) is 4. The van der Waals surface area contributed by atoms with Crippen LogP contribution in [0.4, 0.5) is 0 Å². The van der Waals surface area contributed by atoms with Crippen LogP contribution in [-0.2, 0) is 18.2 Å². The van der Waals surface area contributed by atoms with E-state index in [9.17, 15) is 4.79 Å². The van der Waals surface area contributed by atoms with Gasteiger partial charge in [0.05, 0.1) is 18.6 Å². The summed E-state index contributed by atoms with van der Waals surface area (Å²) < 4.78 is 12.9. The Kier molecular flexibility index (Phi) is 3.65. The molecule has 1 aliphatic heterocycles. The second kappa shape index (κ2) is 5.81. The van der Waals surface area contributed by atoms with Crippen LogP contribution in [0.1, 0.15) is 40.8 Å². The van der Waals surface area contributed by atoms with Crippen molar-refractivity contribution in [3.63, 3.8) is 0 Å². The number of furan rings is 1. The number of amides is 1. The van der Waals surface area contributed by atoms with Gasteiger partial charge in [0, 0.05) is 26.6 Å². The summed E-state index contributed by atoms with van der Waals surface area (Å²) in [5.74, 6) is 0.921. The van der Waals surface area contributed by atoms with E-state index >= 15 is 0 Å². The molecule has 0 saturated heterocycles. The minimum atomic E-state index is -0.205. The van der Waals surface area contributed by atoms with E-state index in [4.69, 9.17) is 9.15 Å². The molecule has 1 atom stereocenters. The fourth-order valence-electron chi connectivity index (χ4n) is 3.06. The van der Waals surface area contributed by atoms with Gasteiger partial charge in [-0.2, -0.15) is 0 Å². The predicted molar refractivity (Wildman–Crippen MR) is 80.7 cm³/mol. The van der Waals surface area contributed by atoms with Crippen molar-refractivity contribution in [2.75, 3.05) is 19.8 Å². The Bertz CT molecular complexity index is 690. The first kappa shape index (κ1) is 14.4. The summed E-state index contributed by atoms with van der Waals surface area (Å²) in [5, 5.41) is 8.38. The number of ether oxygens (including phenoxy) is 1. The molecule has 4 rings (SSSR count). The first-order valence-corrected chi connectivity index (χ1v) is 8.04. The number of carbonyl (C=O) groups is 1. The van der Waals surface area contributed by atoms with Gasteiger partial charge in [-0.15, -0.1) is 5.10 Å². The molecular weight excluding hydrogens is 296 g/mol. The van der Waals surface area contributed by atoms with E-state index in [-0.39, 0.29) is 11.9 Å². The minimum Gasteiger partial charge on any atom is -0.459 e. The number of hydrogen-bond acceptors (Lipinski definition) is 5. The second-order valence-corrected chi connectivity index (χ2v) is 6.27. The van der Waals surface area contributed by atoms with E-state index < -0.39 is 0 Å². The third-order valence-corrected chi connectivity index (χ3v) is 4.57. The van der Waals surface area contributed by atoms with Crippen LogP contribution in [0, 0.1) is 5.92 Å². The zero-order valence-electron chi connectivity index (χ0n) is 13.1. The lowest BCUT2D eigenvalue weighted by Crippen LogP contribution is -2.42. The van der Waals surface area contributed by atoms with Crippen LogP contribution in [0.2, 0.25) is 0 Å². The van der Waals surface area contributed by atoms with E-state index in [1.54, 1.807) is 21.7 Å². The van der Waals surface area contributed by atoms with Crippen LogP contribution in [0.5, 0.6) is 0 Å². The fourth-order valence-corrected chi connectivity index (χ4v) is 3.06. The van der Waals surface area contributed by atoms with Gasteiger partial charge in [0.25, 0.3) is 5.91 Å². The summed E-state index contributed by atoms with van der Waals surface area (Å²) in [6.45, 7) is 1.83. The van der Waals surface area contributed by atoms with Crippen molar-refractivity contribution in [1.82, 2.24) is 19.9 Å². The van der Waals surface area contributed by atoms with Crippen LogP contribution in [0.25, 0.3) is 0 Å². The zero-order valence-corrected chi connectivity index (χ0v) is 13.1. The molecule has 0 spiro atoms. The molecule has 1 amide bonds. The quantitative estimate of drug-likeness (QED) is 0.837. The molecule has 2 aromatic heterocycles. The van der Waals surface area contributed by atoms with E-state index in [0.717, 1.165) is 24.4 Å². The van der Waals surface area contributed by atoms with E-state index in [0.29, 0.717) is 24.8 Å². The largest absolute Gasteiger partial charge is 0.459 e. The number of fused-ring (bicyclic) bond motifs is 1. The third-order valence-electron chi connectivity index (χ3n) is 4.57. The van der Waals surface area contributed by atoms with Crippen LogP contribution in [-0.4, -0.2) is 45.6 Å². The van der Waals surface area contributed by atoms with Gasteiger partial charge in [0.15, 0.2) is 5.76 Å². The van der Waals surface area contributed by atoms with E-state index in [1.807, 2.05) is 7.05 Å². The maximum absolute atomic E-state index is 12.7. The van der Waals surface area contributed by atoms with Gasteiger partial charge in [-0.05, 0) is 30.9 Å². The smallest absolute Gasteiger partial charge is 0.290 e. The van der Waals surface area contributed by atoms with Crippen molar-refractivity contribution in [3.05, 3.63) is 35.5 Å². The van der Waals surface area contributed by atoms with Gasteiger partial charge in [-0.1, -0.05) is 5.21 Å². The highest BCUT2D eigenvalue weighted by Gasteiger charge is 2.36. The molecule has 2 aromatic rings. The van der Waals surface area contributed by atoms with Gasteiger partial charge in [0.2, 0.25) is 0 Å². The Hall–Kier alpha value is -2.15. The standard InChI is InChI=1S/C16H20N4O3/c1-19-12-6-7-20(16(21)14-3-2-8-23-14)13(15(12)17-18-19)10-22-9-11-4-5-11/h2-3,8,11,13H,4-7,9-10H2,1H3/t13-/m0/s1. The number of carbonyl (C=O) groups excluding carboxylic acids is 1. The summed E-state index contributed by atoms with van der Waals surface area (Å²) in [7, 11) is 1.89.